The van der Waals surface area contributed by atoms with E-state index in [1.54, 1.807) is 123 Å². The number of hydrogen-bond donors (Lipinski definition) is 23. The number of allylic oxidation sites excluding steroid dienone is 2. The molecule has 1 aliphatic rings. The quantitative estimate of drug-likeness (QED) is 0.0169. The molecule has 43 heteroatoms. The van der Waals surface area contributed by atoms with Crippen molar-refractivity contribution in [1.82, 2.24) is 95.8 Å². The third-order valence-corrected chi connectivity index (χ3v) is 26.4. The number of amides is 9. The first-order valence-corrected chi connectivity index (χ1v) is 51.5. The van der Waals surface area contributed by atoms with Gasteiger partial charge in [-0.1, -0.05) is 120 Å². The molecule has 0 aliphatic carbocycles. The molecule has 0 saturated heterocycles. The third kappa shape index (κ3) is 45.2. The van der Waals surface area contributed by atoms with E-state index in [4.69, 9.17) is 11.5 Å². The number of carbonyl (C=O) groups excluding carboxylic acids is 19. The van der Waals surface area contributed by atoms with Crippen molar-refractivity contribution in [2.24, 2.45) is 23.3 Å². The maximum absolute atomic E-state index is 15.6. The number of aromatic hydroxyl groups is 1. The van der Waals surface area contributed by atoms with Crippen LogP contribution in [-0.2, 0) is 115 Å². The molecule has 0 spiro atoms. The molecule has 4 aromatic rings. The average molecular weight is 2080 g/mol. The number of aromatic nitrogens is 1. The van der Waals surface area contributed by atoms with Crippen molar-refractivity contribution in [3.63, 3.8) is 0 Å². The van der Waals surface area contributed by atoms with E-state index in [0.29, 0.717) is 66.1 Å². The summed E-state index contributed by atoms with van der Waals surface area (Å²) in [4.78, 5) is 282. The lowest BCUT2D eigenvalue weighted by Gasteiger charge is -2.34. The molecule has 0 unspecified atom stereocenters. The largest absolute Gasteiger partial charge is 0.508 e. The number of ketones is 10. The second kappa shape index (κ2) is 63.6. The molecule has 1 aliphatic heterocycles. The molecule has 5 rings (SSSR count). The summed E-state index contributed by atoms with van der Waals surface area (Å²) in [6.07, 6.45) is 3.24. The summed E-state index contributed by atoms with van der Waals surface area (Å²) < 4.78 is 0. The summed E-state index contributed by atoms with van der Waals surface area (Å²) in [6, 6.07) is 3.96. The van der Waals surface area contributed by atoms with Crippen LogP contribution in [-0.4, -0.2) is 284 Å². The number of carboxylic acids is 1. The second-order valence-electron chi connectivity index (χ2n) is 40.8. The molecule has 1 aromatic heterocycles. The number of phenolic OH excluding ortho intramolecular Hbond substituents is 1. The highest BCUT2D eigenvalue weighted by atomic mass is 16.4. The van der Waals surface area contributed by atoms with Gasteiger partial charge in [-0.05, 0) is 200 Å². The number of para-hydroxylation sites is 1. The number of aromatic amines is 1. The maximum atomic E-state index is 15.6. The van der Waals surface area contributed by atoms with Crippen molar-refractivity contribution in [1.29, 1.82) is 0 Å². The van der Waals surface area contributed by atoms with Crippen LogP contribution in [0.5, 0.6) is 5.75 Å². The number of Topliss-reactive ketones (excluding diaryl/α,β-unsaturated/α-hetero) is 10. The minimum absolute atomic E-state index is 0.0351. The van der Waals surface area contributed by atoms with E-state index in [1.807, 2.05) is 26.0 Å². The highest BCUT2D eigenvalue weighted by Crippen LogP contribution is 2.25. The number of phenols is 1. The van der Waals surface area contributed by atoms with E-state index in [9.17, 15) is 87.2 Å². The van der Waals surface area contributed by atoms with E-state index in [-0.39, 0.29) is 150 Å². The van der Waals surface area contributed by atoms with Gasteiger partial charge in [0.15, 0.2) is 46.3 Å². The Hall–Kier alpha value is -12.3. The molecule has 2 heterocycles. The van der Waals surface area contributed by atoms with Crippen LogP contribution in [0, 0.1) is 11.8 Å². The molecule has 0 bridgehead atoms. The van der Waals surface area contributed by atoms with Crippen LogP contribution in [0.4, 0.5) is 0 Å². The van der Waals surface area contributed by atoms with Crippen molar-refractivity contribution in [2.45, 2.75) is 359 Å². The Morgan fingerprint density at radius 2 is 1.09 bits per heavy atom. The van der Waals surface area contributed by atoms with Gasteiger partial charge in [-0.15, -0.1) is 0 Å². The van der Waals surface area contributed by atoms with Crippen molar-refractivity contribution < 1.29 is 111 Å². The van der Waals surface area contributed by atoms with Gasteiger partial charge in [-0.2, -0.15) is 0 Å². The van der Waals surface area contributed by atoms with Gasteiger partial charge < -0.3 is 95.6 Å². The van der Waals surface area contributed by atoms with E-state index in [2.05, 4.69) is 95.8 Å². The molecule has 0 saturated carbocycles. The number of nitrogens with one attached hydrogen (secondary N) is 18. The first-order chi connectivity index (χ1) is 70.1. The van der Waals surface area contributed by atoms with Gasteiger partial charge in [-0.3, -0.25) is 101 Å². The number of aliphatic hydroxyl groups excluding tert-OH is 1. The van der Waals surface area contributed by atoms with Gasteiger partial charge in [-0.25, -0.2) is 21.7 Å². The van der Waals surface area contributed by atoms with Gasteiger partial charge in [0.25, 0.3) is 0 Å². The zero-order chi connectivity index (χ0) is 111. The van der Waals surface area contributed by atoms with Crippen LogP contribution in [0.15, 0.2) is 97.2 Å². The average Bonchev–Trinajstić information content (AvgIpc) is 1.78. The molecule has 149 heavy (non-hydrogen) atoms. The lowest BCUT2D eigenvalue weighted by Crippen LogP contribution is -2.65. The number of carboxylic acid groups (broad SMARTS) is 1. The summed E-state index contributed by atoms with van der Waals surface area (Å²) in [6.45, 7) is 24.3. The van der Waals surface area contributed by atoms with Gasteiger partial charge in [0.1, 0.15) is 41.5 Å². The van der Waals surface area contributed by atoms with Gasteiger partial charge in [0.2, 0.25) is 64.7 Å². The van der Waals surface area contributed by atoms with E-state index < -0.39 is 233 Å². The topological polar surface area (TPSA) is 674 Å². The van der Waals surface area contributed by atoms with Crippen LogP contribution >= 0.6 is 0 Å². The molecule has 3 aromatic carbocycles. The number of aliphatic carboxylic acids is 1. The fourth-order valence-corrected chi connectivity index (χ4v) is 16.5. The summed E-state index contributed by atoms with van der Waals surface area (Å²) in [5, 5.41) is 69.0. The van der Waals surface area contributed by atoms with Crippen LogP contribution in [0.1, 0.15) is 249 Å². The monoisotopic (exact) mass is 2080 g/mol. The Bertz CT molecular complexity index is 5220. The van der Waals surface area contributed by atoms with Crippen molar-refractivity contribution >= 4 is 128 Å². The minimum atomic E-state index is -2.09. The summed E-state index contributed by atoms with van der Waals surface area (Å²) in [7, 11) is 0. The zero-order valence-corrected chi connectivity index (χ0v) is 89.0. The van der Waals surface area contributed by atoms with Gasteiger partial charge in [0, 0.05) is 82.2 Å². The van der Waals surface area contributed by atoms with E-state index in [1.165, 1.54) is 58.9 Å². The SMILES string of the molecule is CC(=O)N[C@@H](CC(C)C)C(=O)N[C@H](C(=O)N[C@@H](Cc1ccccc1)C(=O)N[C@]1(C)CCCCCCC=CCCC[C@@](C)(C(=O)CN[C@@H](C)C(=O)CCN[C@@H](C)C(=O)CCN[C@@H](C)C(=O)CCN[C@@H](C)C(=O)CNC(C)(C)C(=O)N[C@H](C)C(N)=O)NC(=O)[C@H](CC(C)C)NN[C@@H](CCC(N)=O)C(=O)CN[C@@H](C)C(=O)CC(=O)[C@H](Cc2c[nH]c3ccccc23)NN[C@@H](Cc2ccc(O)cc2)C(=O)C(=O)[C@H](CCC(=O)O)NC1=O)[C@@H](C)O. The molecule has 0 radical (unpaired) electrons. The number of primary amides is 2. The summed E-state index contributed by atoms with van der Waals surface area (Å²) in [5.41, 5.74) is 19.7. The number of fused-ring (bicyclic) bond motifs is 1. The fourth-order valence-electron chi connectivity index (χ4n) is 16.5. The van der Waals surface area contributed by atoms with Crippen molar-refractivity contribution in [2.75, 3.05) is 39.3 Å². The lowest BCUT2D eigenvalue weighted by atomic mass is 9.88. The number of hydrogen-bond acceptors (Lipinski definition) is 32. The standard InChI is InChI=1S/C106H162N20O23/c1-61(2)51-81(117-70(12)128)98(144)120-94(69(11)127)101(147)118-82(54-71-31-25-24-26-32-71)99(145)122-106(16)47-30-23-21-19-17-18-20-22-29-46-105(15,91(137)60-113-65(7)86(132)45-49-110-63(5)84(130)43-48-109-64(6)85(131)44-50-111-67(9)89(135)59-115-104(13,14)102(148)116-68(10)97(108)143)121-100(146)83(52-62(3)4)126-123-77(39-41-92(107)138)90(136)58-112-66(8)87(133)56-88(134)79(55-73-57-114-76-34-28-27-33-75(73)76)124-125-80(53-72-35-37-74(129)38-36-72)96(142)95(141)78(119-103(106)149)40-42-93(139)140/h18,20,24-28,31-38,57,61-69,77-83,94,109-115,123-127,129H,17,19,21-23,29-30,39-56,58-60H2,1-16H3,(H2,107,138)(H2,108,143)(H,116,148)(H,117,128)(H,118,147)(H,119,149)(H,120,144)(H,121,146)(H,122,145)(H,139,140)/t63-,64-,65-,66-,67-,68+,69+,77-,78-,79-,80-,81-,82-,83-,94-,105-,106+/m0/s1. The second-order valence-corrected chi connectivity index (χ2v) is 40.8. The highest BCUT2D eigenvalue weighted by molar-refractivity contribution is 6.41. The fraction of sp³-hybridized carbons (Fsp3) is 0.604. The van der Waals surface area contributed by atoms with Crippen LogP contribution in [0.25, 0.3) is 10.9 Å². The summed E-state index contributed by atoms with van der Waals surface area (Å²) in [5.74, 6) is -15.3. The summed E-state index contributed by atoms with van der Waals surface area (Å²) >= 11 is 0. The first-order valence-electron chi connectivity index (χ1n) is 51.5. The Morgan fingerprint density at radius 1 is 0.530 bits per heavy atom. The number of benzene rings is 3. The molecule has 824 valence electrons. The van der Waals surface area contributed by atoms with E-state index >= 15 is 24.0 Å². The molecule has 43 nitrogen and oxygen atoms in total. The van der Waals surface area contributed by atoms with Gasteiger partial charge >= 0.3 is 5.97 Å². The Labute approximate surface area is 872 Å². The molecular weight excluding hydrogens is 1920 g/mol. The molecule has 17 atom stereocenters. The first kappa shape index (κ1) is 127. The predicted molar refractivity (Wildman–Crippen MR) is 559 cm³/mol. The third-order valence-electron chi connectivity index (χ3n) is 26.4. The minimum Gasteiger partial charge on any atom is -0.508 e. The molecule has 0 fully saturated rings. The Morgan fingerprint density at radius 3 is 1.67 bits per heavy atom. The number of hydrazine groups is 2. The lowest BCUT2D eigenvalue weighted by molar-refractivity contribution is -0.143. The molecule has 9 amide bonds. The van der Waals surface area contributed by atoms with Crippen LogP contribution in [0.2, 0.25) is 0 Å². The Kier molecular flexibility index (Phi) is 54.3. The van der Waals surface area contributed by atoms with E-state index in [0.717, 1.165) is 0 Å². The number of H-pyrrole nitrogens is 1. The zero-order valence-electron chi connectivity index (χ0n) is 89.0. The van der Waals surface area contributed by atoms with Crippen molar-refractivity contribution in [3.8, 4) is 5.75 Å². The maximum Gasteiger partial charge on any atom is 0.303 e. The van der Waals surface area contributed by atoms with Gasteiger partial charge in [0.05, 0.1) is 97.6 Å². The number of nitrogens with two attached hydrogens (primary N) is 2. The normalized spacial score (nSPS) is 21.4. The highest BCUT2D eigenvalue weighted by Gasteiger charge is 2.44. The van der Waals surface area contributed by atoms with Crippen molar-refractivity contribution in [3.05, 3.63) is 114 Å². The number of carbonyl (C=O) groups is 20. The molecular formula is C106H162N20O23. The van der Waals surface area contributed by atoms with Crippen LogP contribution in [0.3, 0.4) is 0 Å². The number of aliphatic hydroxyl groups is 1. The van der Waals surface area contributed by atoms with Crippen LogP contribution < -0.4 is 102 Å². The smallest absolute Gasteiger partial charge is 0.303 e. The molecule has 25 N–H and O–H groups in total. The Balaban J connectivity index is 1.46. The number of rotatable bonds is 50. The predicted octanol–water partition coefficient (Wildman–Crippen LogP) is 1.46.